The maximum Gasteiger partial charge on any atom is 0.307 e. The van der Waals surface area contributed by atoms with Gasteiger partial charge in [0.2, 0.25) is 5.89 Å². The Balaban J connectivity index is 1.77. The summed E-state index contributed by atoms with van der Waals surface area (Å²) in [7, 11) is 1.57. The number of aliphatic carboxylic acids is 1. The number of halogens is 1. The van der Waals surface area contributed by atoms with Gasteiger partial charge in [0.15, 0.2) is 11.5 Å². The second kappa shape index (κ2) is 8.80. The second-order valence-corrected chi connectivity index (χ2v) is 6.47. The third-order valence-electron chi connectivity index (χ3n) is 4.17. The molecule has 0 saturated heterocycles. The summed E-state index contributed by atoms with van der Waals surface area (Å²) in [4.78, 5) is 15.4. The fraction of sp³-hybridized carbons (Fsp3) is 0.238. The van der Waals surface area contributed by atoms with Crippen LogP contribution in [0.5, 0.6) is 11.5 Å². The molecule has 28 heavy (non-hydrogen) atoms. The summed E-state index contributed by atoms with van der Waals surface area (Å²) in [6, 6.07) is 12.6. The molecule has 0 spiro atoms. The van der Waals surface area contributed by atoms with Crippen LogP contribution in [-0.2, 0) is 23.7 Å². The zero-order chi connectivity index (χ0) is 20.1. The molecule has 1 aromatic heterocycles. The molecule has 0 atom stereocenters. The van der Waals surface area contributed by atoms with Crippen LogP contribution in [0, 0.1) is 6.92 Å². The van der Waals surface area contributed by atoms with Gasteiger partial charge in [-0.15, -0.1) is 11.6 Å². The minimum Gasteiger partial charge on any atom is -0.493 e. The first kappa shape index (κ1) is 19.8. The van der Waals surface area contributed by atoms with E-state index >= 15 is 0 Å². The van der Waals surface area contributed by atoms with Crippen molar-refractivity contribution in [2.45, 2.75) is 25.8 Å². The van der Waals surface area contributed by atoms with Gasteiger partial charge in [0.1, 0.15) is 18.1 Å². The number of hydrogen-bond acceptors (Lipinski definition) is 5. The van der Waals surface area contributed by atoms with Gasteiger partial charge in [-0.2, -0.15) is 0 Å². The van der Waals surface area contributed by atoms with Crippen molar-refractivity contribution in [1.29, 1.82) is 0 Å². The minimum absolute atomic E-state index is 0.0540. The topological polar surface area (TPSA) is 81.8 Å². The zero-order valence-electron chi connectivity index (χ0n) is 15.6. The van der Waals surface area contributed by atoms with E-state index < -0.39 is 5.97 Å². The molecule has 0 aliphatic heterocycles. The number of carboxylic acid groups (broad SMARTS) is 1. The van der Waals surface area contributed by atoms with E-state index in [0.717, 1.165) is 11.1 Å². The lowest BCUT2D eigenvalue weighted by atomic mass is 10.1. The van der Waals surface area contributed by atoms with Gasteiger partial charge in [0, 0.05) is 11.4 Å². The third-order valence-corrected chi connectivity index (χ3v) is 4.48. The van der Waals surface area contributed by atoms with Gasteiger partial charge in [0.25, 0.3) is 0 Å². The van der Waals surface area contributed by atoms with E-state index in [4.69, 9.17) is 30.6 Å². The molecular weight excluding hydrogens is 382 g/mol. The number of aryl methyl sites for hydroxylation is 1. The van der Waals surface area contributed by atoms with Crippen LogP contribution in [0.3, 0.4) is 0 Å². The van der Waals surface area contributed by atoms with Crippen molar-refractivity contribution in [1.82, 2.24) is 4.98 Å². The molecule has 0 radical (unpaired) electrons. The van der Waals surface area contributed by atoms with Crippen LogP contribution in [0.2, 0.25) is 0 Å². The normalized spacial score (nSPS) is 10.7. The largest absolute Gasteiger partial charge is 0.493 e. The van der Waals surface area contributed by atoms with Crippen LogP contribution < -0.4 is 9.47 Å². The summed E-state index contributed by atoms with van der Waals surface area (Å²) < 4.78 is 17.0. The summed E-state index contributed by atoms with van der Waals surface area (Å²) in [5, 5.41) is 8.96. The average Bonchev–Trinajstić information content (AvgIpc) is 3.06. The van der Waals surface area contributed by atoms with Crippen molar-refractivity contribution in [2.75, 3.05) is 7.11 Å². The van der Waals surface area contributed by atoms with E-state index in [1.807, 2.05) is 31.2 Å². The number of alkyl halides is 1. The molecule has 1 heterocycles. The average molecular weight is 402 g/mol. The summed E-state index contributed by atoms with van der Waals surface area (Å²) in [5.74, 6) is 1.75. The van der Waals surface area contributed by atoms with Gasteiger partial charge < -0.3 is 19.0 Å². The number of aromatic nitrogens is 1. The third kappa shape index (κ3) is 4.64. The highest BCUT2D eigenvalue weighted by atomic mass is 35.5. The van der Waals surface area contributed by atoms with Crippen molar-refractivity contribution >= 4 is 17.6 Å². The number of rotatable bonds is 8. The summed E-state index contributed by atoms with van der Waals surface area (Å²) in [6.45, 7) is 2.02. The van der Waals surface area contributed by atoms with Crippen LogP contribution >= 0.6 is 11.6 Å². The first-order valence-electron chi connectivity index (χ1n) is 8.63. The van der Waals surface area contributed by atoms with Crippen LogP contribution in [0.25, 0.3) is 11.5 Å². The highest BCUT2D eigenvalue weighted by Crippen LogP contribution is 2.30. The number of carbonyl (C=O) groups is 1. The predicted molar refractivity (Wildman–Crippen MR) is 105 cm³/mol. The van der Waals surface area contributed by atoms with Crippen molar-refractivity contribution in [2.24, 2.45) is 0 Å². The second-order valence-electron chi connectivity index (χ2n) is 6.20. The first-order valence-corrected chi connectivity index (χ1v) is 9.16. The molecule has 0 amide bonds. The van der Waals surface area contributed by atoms with Crippen LogP contribution in [-0.4, -0.2) is 23.2 Å². The maximum absolute atomic E-state index is 10.9. The van der Waals surface area contributed by atoms with Gasteiger partial charge in [0.05, 0.1) is 13.5 Å². The molecule has 7 heteroatoms. The Labute approximate surface area is 167 Å². The molecule has 0 fully saturated rings. The summed E-state index contributed by atoms with van der Waals surface area (Å²) in [6.07, 6.45) is -0.0540. The van der Waals surface area contributed by atoms with E-state index in [0.29, 0.717) is 40.3 Å². The standard InChI is InChI=1S/C21H20ClNO5/c1-13-17(12-27-18-7-6-15(11-22)9-19(18)26-2)23-21(28-13)16-5-3-4-14(8-16)10-20(24)25/h3-9H,10-12H2,1-2H3,(H,24,25). The molecule has 0 unspecified atom stereocenters. The molecule has 3 rings (SSSR count). The monoisotopic (exact) mass is 401 g/mol. The smallest absolute Gasteiger partial charge is 0.307 e. The summed E-state index contributed by atoms with van der Waals surface area (Å²) >= 11 is 5.85. The van der Waals surface area contributed by atoms with Gasteiger partial charge >= 0.3 is 5.97 Å². The van der Waals surface area contributed by atoms with E-state index in [1.165, 1.54) is 0 Å². The number of benzene rings is 2. The molecule has 0 aliphatic rings. The van der Waals surface area contributed by atoms with Gasteiger partial charge in [-0.1, -0.05) is 18.2 Å². The Bertz CT molecular complexity index is 983. The van der Waals surface area contributed by atoms with Gasteiger partial charge in [-0.3, -0.25) is 4.79 Å². The lowest BCUT2D eigenvalue weighted by Gasteiger charge is -2.10. The summed E-state index contributed by atoms with van der Waals surface area (Å²) in [5.41, 5.74) is 2.99. The molecule has 1 N–H and O–H groups in total. The van der Waals surface area contributed by atoms with Crippen molar-refractivity contribution in [3.63, 3.8) is 0 Å². The lowest BCUT2D eigenvalue weighted by molar-refractivity contribution is -0.136. The number of nitrogens with zero attached hydrogens (tertiary/aromatic N) is 1. The fourth-order valence-corrected chi connectivity index (χ4v) is 2.90. The van der Waals surface area contributed by atoms with Crippen LogP contribution in [0.15, 0.2) is 46.9 Å². The van der Waals surface area contributed by atoms with E-state index in [-0.39, 0.29) is 13.0 Å². The number of carboxylic acids is 1. The highest BCUT2D eigenvalue weighted by molar-refractivity contribution is 6.17. The van der Waals surface area contributed by atoms with Crippen molar-refractivity contribution < 1.29 is 23.8 Å². The first-order chi connectivity index (χ1) is 13.5. The number of ether oxygens (including phenoxy) is 2. The SMILES string of the molecule is COc1cc(CCl)ccc1OCc1nc(-c2cccc(CC(=O)O)c2)oc1C. The Morgan fingerprint density at radius 2 is 2.00 bits per heavy atom. The molecule has 0 bridgehead atoms. The maximum atomic E-state index is 10.9. The van der Waals surface area contributed by atoms with Crippen molar-refractivity contribution in [3.05, 3.63) is 65.0 Å². The van der Waals surface area contributed by atoms with Gasteiger partial charge in [-0.25, -0.2) is 4.98 Å². The van der Waals surface area contributed by atoms with Crippen molar-refractivity contribution in [3.8, 4) is 23.0 Å². The molecule has 146 valence electrons. The van der Waals surface area contributed by atoms with E-state index in [2.05, 4.69) is 4.98 Å². The number of methoxy groups -OCH3 is 1. The number of oxazole rings is 1. The zero-order valence-corrected chi connectivity index (χ0v) is 16.3. The quantitative estimate of drug-likeness (QED) is 0.555. The van der Waals surface area contributed by atoms with Gasteiger partial charge in [-0.05, 0) is 42.3 Å². The molecule has 3 aromatic rings. The lowest BCUT2D eigenvalue weighted by Crippen LogP contribution is -2.00. The Morgan fingerprint density at radius 1 is 1.18 bits per heavy atom. The van der Waals surface area contributed by atoms with E-state index in [1.54, 1.807) is 25.3 Å². The van der Waals surface area contributed by atoms with Crippen LogP contribution in [0.4, 0.5) is 0 Å². The highest BCUT2D eigenvalue weighted by Gasteiger charge is 2.14. The molecule has 6 nitrogen and oxygen atoms in total. The predicted octanol–water partition coefficient (Wildman–Crippen LogP) is 4.60. The Hall–Kier alpha value is -2.99. The molecular formula is C21H20ClNO5. The minimum atomic E-state index is -0.885. The Kier molecular flexibility index (Phi) is 6.21. The molecule has 0 aliphatic carbocycles. The van der Waals surface area contributed by atoms with Crippen LogP contribution in [0.1, 0.15) is 22.6 Å². The fourth-order valence-electron chi connectivity index (χ4n) is 2.73. The van der Waals surface area contributed by atoms with E-state index in [9.17, 15) is 4.79 Å². The number of hydrogen-bond donors (Lipinski definition) is 1. The Morgan fingerprint density at radius 3 is 2.71 bits per heavy atom. The molecule has 2 aromatic carbocycles. The molecule has 0 saturated carbocycles.